The Balaban J connectivity index is 2.12. The number of rotatable bonds is 5. The van der Waals surface area contributed by atoms with E-state index in [1.165, 1.54) is 6.26 Å². The van der Waals surface area contributed by atoms with Crippen molar-refractivity contribution in [3.63, 3.8) is 0 Å². The third kappa shape index (κ3) is 2.70. The van der Waals surface area contributed by atoms with Crippen LogP contribution in [0, 0.1) is 17.6 Å². The second-order valence-corrected chi connectivity index (χ2v) is 4.84. The van der Waals surface area contributed by atoms with Gasteiger partial charge >= 0.3 is 0 Å². The van der Waals surface area contributed by atoms with Gasteiger partial charge in [0.2, 0.25) is 0 Å². The van der Waals surface area contributed by atoms with Crippen molar-refractivity contribution < 1.29 is 13.2 Å². The Morgan fingerprint density at radius 1 is 1.22 bits per heavy atom. The van der Waals surface area contributed by atoms with Crippen LogP contribution in [0.1, 0.15) is 19.4 Å². The third-order valence-corrected chi connectivity index (χ3v) is 2.82. The van der Waals surface area contributed by atoms with Crippen molar-refractivity contribution in [2.24, 2.45) is 5.92 Å². The fraction of sp³-hybridized carbons (Fsp3) is 0.429. The number of hydrogen-bond donors (Lipinski definition) is 1. The second kappa shape index (κ2) is 5.48. The molecule has 0 spiro atoms. The molecular weight excluding hydrogens is 236 g/mol. The summed E-state index contributed by atoms with van der Waals surface area (Å²) in [6.07, 6.45) is 2.06. The number of hydrogen-bond acceptors (Lipinski definition) is 2. The van der Waals surface area contributed by atoms with Crippen LogP contribution >= 0.6 is 0 Å². The van der Waals surface area contributed by atoms with E-state index in [2.05, 4.69) is 19.2 Å². The van der Waals surface area contributed by atoms with Crippen LogP contribution in [0.5, 0.6) is 0 Å². The number of benzene rings is 1. The molecule has 18 heavy (non-hydrogen) atoms. The van der Waals surface area contributed by atoms with Crippen molar-refractivity contribution in [2.45, 2.75) is 20.3 Å². The Labute approximate surface area is 105 Å². The molecule has 0 atom stereocenters. The molecule has 0 aliphatic heterocycles. The summed E-state index contributed by atoms with van der Waals surface area (Å²) in [7, 11) is 0. The molecule has 0 amide bonds. The van der Waals surface area contributed by atoms with E-state index in [9.17, 15) is 8.78 Å². The summed E-state index contributed by atoms with van der Waals surface area (Å²) in [5.74, 6) is -0.382. The van der Waals surface area contributed by atoms with Crippen molar-refractivity contribution in [3.8, 4) is 0 Å². The monoisotopic (exact) mass is 253 g/mol. The van der Waals surface area contributed by atoms with E-state index in [-0.39, 0.29) is 11.0 Å². The molecule has 2 nitrogen and oxygen atoms in total. The highest BCUT2D eigenvalue weighted by molar-refractivity contribution is 5.82. The van der Waals surface area contributed by atoms with Gasteiger partial charge in [0.25, 0.3) is 0 Å². The molecule has 4 heteroatoms. The lowest BCUT2D eigenvalue weighted by atomic mass is 10.1. The lowest BCUT2D eigenvalue weighted by Crippen LogP contribution is -2.22. The maximum atomic E-state index is 13.7. The molecule has 1 aromatic carbocycles. The van der Waals surface area contributed by atoms with Crippen molar-refractivity contribution in [1.82, 2.24) is 5.32 Å². The van der Waals surface area contributed by atoms with Crippen LogP contribution in [0.2, 0.25) is 0 Å². The van der Waals surface area contributed by atoms with Gasteiger partial charge in [-0.25, -0.2) is 8.78 Å². The maximum Gasteiger partial charge on any atom is 0.172 e. The van der Waals surface area contributed by atoms with Crippen molar-refractivity contribution in [1.29, 1.82) is 0 Å². The first-order valence-electron chi connectivity index (χ1n) is 6.14. The SMILES string of the molecule is CC(C)CNCCc1coc2c(F)ccc(F)c12. The van der Waals surface area contributed by atoms with Crippen LogP contribution < -0.4 is 5.32 Å². The number of furan rings is 1. The first-order chi connectivity index (χ1) is 8.59. The minimum Gasteiger partial charge on any atom is -0.461 e. The van der Waals surface area contributed by atoms with E-state index < -0.39 is 11.6 Å². The van der Waals surface area contributed by atoms with Gasteiger partial charge in [-0.05, 0) is 37.6 Å². The molecule has 1 heterocycles. The fourth-order valence-corrected chi connectivity index (χ4v) is 1.93. The molecule has 2 rings (SSSR count). The molecule has 0 aliphatic rings. The summed E-state index contributed by atoms with van der Waals surface area (Å²) in [5, 5.41) is 3.53. The fourth-order valence-electron chi connectivity index (χ4n) is 1.93. The van der Waals surface area contributed by atoms with E-state index >= 15 is 0 Å². The highest BCUT2D eigenvalue weighted by atomic mass is 19.1. The van der Waals surface area contributed by atoms with Crippen LogP contribution in [-0.2, 0) is 6.42 Å². The highest BCUT2D eigenvalue weighted by Crippen LogP contribution is 2.26. The van der Waals surface area contributed by atoms with Gasteiger partial charge in [0, 0.05) is 5.56 Å². The quantitative estimate of drug-likeness (QED) is 0.825. The number of halogens is 2. The van der Waals surface area contributed by atoms with Gasteiger partial charge in [0.1, 0.15) is 5.82 Å². The van der Waals surface area contributed by atoms with Gasteiger partial charge in [-0.3, -0.25) is 0 Å². The van der Waals surface area contributed by atoms with E-state index in [4.69, 9.17) is 4.42 Å². The van der Waals surface area contributed by atoms with Gasteiger partial charge in [-0.15, -0.1) is 0 Å². The highest BCUT2D eigenvalue weighted by Gasteiger charge is 2.14. The van der Waals surface area contributed by atoms with Gasteiger partial charge in [0.15, 0.2) is 11.4 Å². The van der Waals surface area contributed by atoms with Crippen LogP contribution in [-0.4, -0.2) is 13.1 Å². The summed E-state index contributed by atoms with van der Waals surface area (Å²) >= 11 is 0. The maximum absolute atomic E-state index is 13.7. The Morgan fingerprint density at radius 2 is 1.94 bits per heavy atom. The molecule has 1 N–H and O–H groups in total. The average Bonchev–Trinajstić information content (AvgIpc) is 2.74. The predicted molar refractivity (Wildman–Crippen MR) is 67.5 cm³/mol. The zero-order valence-electron chi connectivity index (χ0n) is 10.6. The molecule has 0 saturated heterocycles. The summed E-state index contributed by atoms with van der Waals surface area (Å²) in [6, 6.07) is 2.22. The summed E-state index contributed by atoms with van der Waals surface area (Å²) < 4.78 is 32.1. The second-order valence-electron chi connectivity index (χ2n) is 4.84. The van der Waals surface area contributed by atoms with Gasteiger partial charge in [-0.1, -0.05) is 13.8 Å². The normalized spacial score (nSPS) is 11.6. The van der Waals surface area contributed by atoms with E-state index in [0.717, 1.165) is 25.2 Å². The minimum atomic E-state index is -0.521. The zero-order valence-corrected chi connectivity index (χ0v) is 10.6. The Hall–Kier alpha value is -1.42. The van der Waals surface area contributed by atoms with E-state index in [0.29, 0.717) is 17.9 Å². The van der Waals surface area contributed by atoms with Gasteiger partial charge in [-0.2, -0.15) is 0 Å². The minimum absolute atomic E-state index is 0.00820. The van der Waals surface area contributed by atoms with Crippen LogP contribution in [0.3, 0.4) is 0 Å². The summed E-state index contributed by atoms with van der Waals surface area (Å²) in [6.45, 7) is 5.87. The Kier molecular flexibility index (Phi) is 3.97. The molecule has 0 radical (unpaired) electrons. The lowest BCUT2D eigenvalue weighted by molar-refractivity contribution is 0.546. The smallest absolute Gasteiger partial charge is 0.172 e. The topological polar surface area (TPSA) is 25.2 Å². The lowest BCUT2D eigenvalue weighted by Gasteiger charge is -2.06. The molecule has 0 unspecified atom stereocenters. The number of nitrogens with one attached hydrogen (secondary N) is 1. The van der Waals surface area contributed by atoms with Gasteiger partial charge in [0.05, 0.1) is 11.6 Å². The zero-order chi connectivity index (χ0) is 13.1. The van der Waals surface area contributed by atoms with Crippen LogP contribution in [0.4, 0.5) is 8.78 Å². The van der Waals surface area contributed by atoms with Crippen molar-refractivity contribution >= 4 is 11.0 Å². The molecule has 0 fully saturated rings. The molecule has 0 bridgehead atoms. The molecule has 0 aliphatic carbocycles. The largest absolute Gasteiger partial charge is 0.461 e. The standard InChI is InChI=1S/C14H17F2NO/c1-9(2)7-17-6-5-10-8-18-14-12(16)4-3-11(15)13(10)14/h3-4,8-9,17H,5-7H2,1-2H3. The average molecular weight is 253 g/mol. The van der Waals surface area contributed by atoms with Crippen LogP contribution in [0.15, 0.2) is 22.8 Å². The number of fused-ring (bicyclic) bond motifs is 1. The van der Waals surface area contributed by atoms with Crippen LogP contribution in [0.25, 0.3) is 11.0 Å². The van der Waals surface area contributed by atoms with Crippen molar-refractivity contribution in [3.05, 3.63) is 35.6 Å². The summed E-state index contributed by atoms with van der Waals surface area (Å²) in [5.41, 5.74) is 0.715. The molecular formula is C14H17F2NO. The molecule has 2 aromatic rings. The first-order valence-corrected chi connectivity index (χ1v) is 6.14. The van der Waals surface area contributed by atoms with E-state index in [1.807, 2.05) is 0 Å². The molecule has 98 valence electrons. The first kappa shape index (κ1) is 13.0. The Morgan fingerprint density at radius 3 is 2.67 bits per heavy atom. The summed E-state index contributed by atoms with van der Waals surface area (Å²) in [4.78, 5) is 0. The third-order valence-electron chi connectivity index (χ3n) is 2.82. The molecule has 1 aromatic heterocycles. The predicted octanol–water partition coefficient (Wildman–Crippen LogP) is 3.50. The molecule has 0 saturated carbocycles. The van der Waals surface area contributed by atoms with Crippen molar-refractivity contribution in [2.75, 3.05) is 13.1 Å². The Bertz CT molecular complexity index is 534. The van der Waals surface area contributed by atoms with Gasteiger partial charge < -0.3 is 9.73 Å². The van der Waals surface area contributed by atoms with E-state index in [1.54, 1.807) is 0 Å².